The molecule has 1 atom stereocenters. The maximum absolute atomic E-state index is 13.1. The van der Waals surface area contributed by atoms with E-state index < -0.39 is 12.5 Å². The zero-order valence-corrected chi connectivity index (χ0v) is 23.3. The number of aliphatic hydroxyl groups is 1. The molecule has 38 heavy (non-hydrogen) atoms. The summed E-state index contributed by atoms with van der Waals surface area (Å²) in [5.41, 5.74) is 3.86. The molecule has 0 radical (unpaired) electrons. The molecule has 0 amide bonds. The van der Waals surface area contributed by atoms with Crippen LogP contribution in [0.3, 0.4) is 0 Å². The third-order valence-corrected chi connectivity index (χ3v) is 4.44. The van der Waals surface area contributed by atoms with Crippen molar-refractivity contribution in [3.63, 3.8) is 0 Å². The molecular formula is C29H38ClF4N3O. The number of terminal acetylenes is 1. The van der Waals surface area contributed by atoms with Gasteiger partial charge in [-0.3, -0.25) is 4.39 Å². The minimum Gasteiger partial charge on any atom is -0.388 e. The second-order valence-corrected chi connectivity index (χ2v) is 7.79. The highest BCUT2D eigenvalue weighted by Gasteiger charge is 2.10. The van der Waals surface area contributed by atoms with Crippen LogP contribution < -0.4 is 5.32 Å². The lowest BCUT2D eigenvalue weighted by molar-refractivity contribution is 0.171. The zero-order chi connectivity index (χ0) is 29.5. The van der Waals surface area contributed by atoms with Crippen LogP contribution in [0.5, 0.6) is 0 Å². The first kappa shape index (κ1) is 36.9. The summed E-state index contributed by atoms with van der Waals surface area (Å²) >= 11 is 5.54. The summed E-state index contributed by atoms with van der Waals surface area (Å²) in [6.07, 6.45) is 12.5. The van der Waals surface area contributed by atoms with Crippen LogP contribution in [0.25, 0.3) is 16.6 Å². The van der Waals surface area contributed by atoms with Crippen LogP contribution in [0.15, 0.2) is 72.6 Å². The van der Waals surface area contributed by atoms with Crippen molar-refractivity contribution in [3.8, 4) is 18.5 Å². The van der Waals surface area contributed by atoms with Crippen LogP contribution in [-0.4, -0.2) is 40.4 Å². The first-order chi connectivity index (χ1) is 18.1. The van der Waals surface area contributed by atoms with Gasteiger partial charge in [0.25, 0.3) is 0 Å². The molecule has 1 aromatic heterocycles. The van der Waals surface area contributed by atoms with E-state index >= 15 is 0 Å². The van der Waals surface area contributed by atoms with Gasteiger partial charge < -0.3 is 10.4 Å². The van der Waals surface area contributed by atoms with E-state index in [1.807, 2.05) is 25.1 Å². The Morgan fingerprint density at radius 2 is 1.68 bits per heavy atom. The molecule has 0 saturated heterocycles. The Kier molecular flexibility index (Phi) is 22.2. The molecule has 4 nitrogen and oxygen atoms in total. The minimum atomic E-state index is -2.17. The molecule has 0 fully saturated rings. The van der Waals surface area contributed by atoms with Crippen molar-refractivity contribution >= 4 is 22.5 Å². The lowest BCUT2D eigenvalue weighted by Gasteiger charge is -2.11. The van der Waals surface area contributed by atoms with Crippen molar-refractivity contribution < 1.29 is 22.7 Å². The molecule has 210 valence electrons. The van der Waals surface area contributed by atoms with Gasteiger partial charge in [-0.15, -0.1) is 24.4 Å². The monoisotopic (exact) mass is 555 g/mol. The highest BCUT2D eigenvalue weighted by molar-refractivity contribution is 6.18. The summed E-state index contributed by atoms with van der Waals surface area (Å²) in [4.78, 5) is 0. The van der Waals surface area contributed by atoms with Gasteiger partial charge >= 0.3 is 0 Å². The van der Waals surface area contributed by atoms with E-state index in [1.165, 1.54) is 24.6 Å². The number of benzene rings is 2. The topological polar surface area (TPSA) is 50.1 Å². The maximum atomic E-state index is 13.1. The number of aliphatic hydroxyl groups excluding tert-OH is 1. The summed E-state index contributed by atoms with van der Waals surface area (Å²) in [6, 6.07) is 11.8. The summed E-state index contributed by atoms with van der Waals surface area (Å²) in [6.45, 7) is 8.64. The predicted molar refractivity (Wildman–Crippen MR) is 152 cm³/mol. The third kappa shape index (κ3) is 16.5. The molecule has 1 heterocycles. The van der Waals surface area contributed by atoms with E-state index in [0.29, 0.717) is 12.4 Å². The van der Waals surface area contributed by atoms with Crippen LogP contribution >= 0.6 is 11.6 Å². The lowest BCUT2D eigenvalue weighted by atomic mass is 10.1. The third-order valence-electron chi connectivity index (χ3n) is 4.26. The molecule has 1 unspecified atom stereocenters. The number of alkyl halides is 4. The first-order valence-corrected chi connectivity index (χ1v) is 12.3. The number of nitrogens with zero attached hydrogens (tertiary/aromatic N) is 2. The van der Waals surface area contributed by atoms with Crippen LogP contribution in [0.4, 0.5) is 17.6 Å². The maximum Gasteiger partial charge on any atom is 0.235 e. The molecule has 0 aliphatic rings. The second kappa shape index (κ2) is 22.9. The summed E-state index contributed by atoms with van der Waals surface area (Å²) < 4.78 is 45.8. The van der Waals surface area contributed by atoms with Crippen molar-refractivity contribution in [1.82, 2.24) is 15.1 Å². The van der Waals surface area contributed by atoms with Crippen LogP contribution in [0, 0.1) is 18.7 Å². The Labute approximate surface area is 229 Å². The Morgan fingerprint density at radius 3 is 2.16 bits per heavy atom. The number of hydrogen-bond acceptors (Lipinski definition) is 3. The van der Waals surface area contributed by atoms with Gasteiger partial charge in [0.15, 0.2) is 0 Å². The number of halogens is 5. The van der Waals surface area contributed by atoms with Gasteiger partial charge in [0, 0.05) is 17.8 Å². The predicted octanol–water partition coefficient (Wildman–Crippen LogP) is 8.01. The molecule has 2 aromatic carbocycles. The van der Waals surface area contributed by atoms with Gasteiger partial charge in [0.05, 0.1) is 30.2 Å². The van der Waals surface area contributed by atoms with Gasteiger partial charge in [0.2, 0.25) is 6.43 Å². The van der Waals surface area contributed by atoms with Crippen molar-refractivity contribution in [2.45, 2.75) is 47.1 Å². The normalized spacial score (nSPS) is 10.5. The molecule has 3 aromatic rings. The average molecular weight is 556 g/mol. The average Bonchev–Trinajstić information content (AvgIpc) is 3.32. The number of nitrogens with one attached hydrogen (secondary N) is 1. The van der Waals surface area contributed by atoms with Crippen molar-refractivity contribution in [3.05, 3.63) is 84.0 Å². The van der Waals surface area contributed by atoms with Gasteiger partial charge in [0.1, 0.15) is 5.82 Å². The standard InChI is InChI=1S/C18H17ClFN3O.C5H10.C2H4F2.C2H5F.C2H2/c19-8-1-9-21-12-18(24)13-2-7-17-14(10-13)11-22-23(17)16-5-3-15(20)4-6-16;1-4-5(2)3;1-2(3)4;1-2-3;1-2/h1-7,9-11,18,21,24H,8,12H2;4H,1-3H3;2H,1H3;2H2,1H3;1-2H/b9-1+;;;;. The highest BCUT2D eigenvalue weighted by Crippen LogP contribution is 2.22. The first-order valence-electron chi connectivity index (χ1n) is 11.7. The highest BCUT2D eigenvalue weighted by atomic mass is 35.5. The molecule has 0 saturated carbocycles. The number of rotatable bonds is 6. The van der Waals surface area contributed by atoms with Crippen molar-refractivity contribution in [1.29, 1.82) is 0 Å². The van der Waals surface area contributed by atoms with Crippen LogP contribution in [0.2, 0.25) is 0 Å². The fourth-order valence-corrected chi connectivity index (χ4v) is 2.56. The van der Waals surface area contributed by atoms with Gasteiger partial charge in [-0.25, -0.2) is 17.9 Å². The van der Waals surface area contributed by atoms with E-state index in [0.717, 1.165) is 29.1 Å². The molecule has 0 aliphatic heterocycles. The molecule has 0 spiro atoms. The van der Waals surface area contributed by atoms with Crippen LogP contribution in [-0.2, 0) is 0 Å². The van der Waals surface area contributed by atoms with E-state index in [9.17, 15) is 22.7 Å². The molecule has 9 heteroatoms. The van der Waals surface area contributed by atoms with Crippen molar-refractivity contribution in [2.24, 2.45) is 0 Å². The number of fused-ring (bicyclic) bond motifs is 1. The smallest absolute Gasteiger partial charge is 0.235 e. The van der Waals surface area contributed by atoms with E-state index in [2.05, 4.69) is 43.2 Å². The molecule has 0 bridgehead atoms. The largest absolute Gasteiger partial charge is 0.388 e. The summed E-state index contributed by atoms with van der Waals surface area (Å²) in [5.74, 6) is 0.147. The minimum absolute atomic E-state index is 0.250. The quantitative estimate of drug-likeness (QED) is 0.140. The summed E-state index contributed by atoms with van der Waals surface area (Å²) in [5, 5.41) is 18.5. The van der Waals surface area contributed by atoms with Crippen LogP contribution in [0.1, 0.15) is 46.3 Å². The van der Waals surface area contributed by atoms with Gasteiger partial charge in [-0.05, 0) is 82.8 Å². The Hall–Kier alpha value is -3.28. The number of hydrogen-bond donors (Lipinski definition) is 2. The van der Waals surface area contributed by atoms with Gasteiger partial charge in [-0.1, -0.05) is 23.8 Å². The SMILES string of the molecule is C#C.CC(F)F.CC=C(C)C.CCF.OC(CN/C=C/CCl)c1ccc2c(cnn2-c2ccc(F)cc2)c1. The Balaban J connectivity index is 0. The molecule has 2 N–H and O–H groups in total. The molecular weight excluding hydrogens is 518 g/mol. The number of allylic oxidation sites excluding steroid dienone is 3. The summed E-state index contributed by atoms with van der Waals surface area (Å²) in [7, 11) is 0. The van der Waals surface area contributed by atoms with E-state index in [1.54, 1.807) is 35.3 Å². The second-order valence-electron chi connectivity index (χ2n) is 7.48. The van der Waals surface area contributed by atoms with E-state index in [-0.39, 0.29) is 12.5 Å². The zero-order valence-electron chi connectivity index (χ0n) is 22.5. The van der Waals surface area contributed by atoms with E-state index in [4.69, 9.17) is 11.6 Å². The Bertz CT molecular complexity index is 1070. The molecule has 0 aliphatic carbocycles. The molecule has 3 rings (SSSR count). The Morgan fingerprint density at radius 1 is 1.16 bits per heavy atom. The fraction of sp³-hybridized carbons (Fsp3) is 0.345. The van der Waals surface area contributed by atoms with Gasteiger partial charge in [-0.2, -0.15) is 5.10 Å². The fourth-order valence-electron chi connectivity index (χ4n) is 2.47. The number of aromatic nitrogens is 2. The van der Waals surface area contributed by atoms with Crippen molar-refractivity contribution in [2.75, 3.05) is 19.1 Å². The lowest BCUT2D eigenvalue weighted by Crippen LogP contribution is -2.16.